The Morgan fingerprint density at radius 1 is 1.50 bits per heavy atom. The predicted molar refractivity (Wildman–Crippen MR) is 68.0 cm³/mol. The summed E-state index contributed by atoms with van der Waals surface area (Å²) in [5, 5.41) is 9.30. The highest BCUT2D eigenvalue weighted by atomic mass is 16.4. The van der Waals surface area contributed by atoms with Crippen LogP contribution in [0.5, 0.6) is 0 Å². The molecule has 1 heterocycles. The number of rotatable bonds is 4. The van der Waals surface area contributed by atoms with Crippen molar-refractivity contribution in [2.24, 2.45) is 11.3 Å². The van der Waals surface area contributed by atoms with Gasteiger partial charge in [0, 0.05) is 19.5 Å². The van der Waals surface area contributed by atoms with Gasteiger partial charge in [-0.1, -0.05) is 19.1 Å². The summed E-state index contributed by atoms with van der Waals surface area (Å²) >= 11 is 0. The van der Waals surface area contributed by atoms with Crippen molar-refractivity contribution in [1.82, 2.24) is 4.90 Å². The van der Waals surface area contributed by atoms with Gasteiger partial charge < -0.3 is 10.0 Å². The van der Waals surface area contributed by atoms with Gasteiger partial charge in [-0.3, -0.25) is 9.59 Å². The van der Waals surface area contributed by atoms with Crippen molar-refractivity contribution in [2.45, 2.75) is 39.0 Å². The van der Waals surface area contributed by atoms with Crippen molar-refractivity contribution in [3.8, 4) is 0 Å². The van der Waals surface area contributed by atoms with Crippen LogP contribution in [0.25, 0.3) is 0 Å². The minimum absolute atomic E-state index is 0.114. The van der Waals surface area contributed by atoms with Crippen LogP contribution in [0.4, 0.5) is 0 Å². The molecule has 2 aliphatic rings. The average Bonchev–Trinajstić information content (AvgIpc) is 2.97. The lowest BCUT2D eigenvalue weighted by atomic mass is 9.84. The molecule has 2 rings (SSSR count). The second-order valence-electron chi connectivity index (χ2n) is 5.47. The fourth-order valence-electron chi connectivity index (χ4n) is 2.92. The number of allylic oxidation sites excluding steroid dienone is 2. The highest BCUT2D eigenvalue weighted by molar-refractivity contribution is 5.81. The number of carbonyl (C=O) groups is 2. The summed E-state index contributed by atoms with van der Waals surface area (Å²) in [5.41, 5.74) is -0.707. The van der Waals surface area contributed by atoms with E-state index in [2.05, 4.69) is 12.2 Å². The molecule has 0 aromatic rings. The maximum Gasteiger partial charge on any atom is 0.311 e. The van der Waals surface area contributed by atoms with E-state index in [1.807, 2.05) is 6.92 Å². The molecular formula is C14H21NO3. The Morgan fingerprint density at radius 2 is 2.28 bits per heavy atom. The minimum Gasteiger partial charge on any atom is -0.481 e. The molecule has 1 aliphatic heterocycles. The Kier molecular flexibility index (Phi) is 3.73. The van der Waals surface area contributed by atoms with E-state index in [9.17, 15) is 14.7 Å². The van der Waals surface area contributed by atoms with Gasteiger partial charge in [-0.15, -0.1) is 0 Å². The third-order valence-corrected chi connectivity index (χ3v) is 4.39. The molecule has 4 nitrogen and oxygen atoms in total. The van der Waals surface area contributed by atoms with Crippen LogP contribution in [0.3, 0.4) is 0 Å². The molecular weight excluding hydrogens is 230 g/mol. The number of likely N-dealkylation sites (tertiary alicyclic amines) is 1. The van der Waals surface area contributed by atoms with Crippen molar-refractivity contribution in [2.75, 3.05) is 13.1 Å². The van der Waals surface area contributed by atoms with Crippen LogP contribution in [-0.2, 0) is 9.59 Å². The topological polar surface area (TPSA) is 57.6 Å². The second kappa shape index (κ2) is 5.12. The first kappa shape index (κ1) is 13.1. The van der Waals surface area contributed by atoms with Gasteiger partial charge in [-0.25, -0.2) is 0 Å². The SMILES string of the molecule is CCC1(C(=O)O)CCN(C(=O)CC2C=CCC2)C1. The highest BCUT2D eigenvalue weighted by Crippen LogP contribution is 2.35. The Labute approximate surface area is 108 Å². The highest BCUT2D eigenvalue weighted by Gasteiger charge is 2.44. The second-order valence-corrected chi connectivity index (χ2v) is 5.47. The number of carboxylic acid groups (broad SMARTS) is 1. The summed E-state index contributed by atoms with van der Waals surface area (Å²) in [7, 11) is 0. The first-order chi connectivity index (χ1) is 8.57. The van der Waals surface area contributed by atoms with Crippen molar-refractivity contribution >= 4 is 11.9 Å². The number of aliphatic carboxylic acids is 1. The van der Waals surface area contributed by atoms with E-state index in [0.717, 1.165) is 12.8 Å². The minimum atomic E-state index is -0.763. The van der Waals surface area contributed by atoms with Crippen LogP contribution in [0.2, 0.25) is 0 Å². The summed E-state index contributed by atoms with van der Waals surface area (Å²) in [5.74, 6) is -0.289. The third-order valence-electron chi connectivity index (χ3n) is 4.39. The number of hydrogen-bond donors (Lipinski definition) is 1. The smallest absolute Gasteiger partial charge is 0.311 e. The molecule has 1 aliphatic carbocycles. The lowest BCUT2D eigenvalue weighted by molar-refractivity contribution is -0.148. The van der Waals surface area contributed by atoms with E-state index in [1.165, 1.54) is 0 Å². The van der Waals surface area contributed by atoms with Gasteiger partial charge in [0.15, 0.2) is 0 Å². The molecule has 18 heavy (non-hydrogen) atoms. The summed E-state index contributed by atoms with van der Waals surface area (Å²) < 4.78 is 0. The normalized spacial score (nSPS) is 30.9. The van der Waals surface area contributed by atoms with Crippen molar-refractivity contribution in [1.29, 1.82) is 0 Å². The van der Waals surface area contributed by atoms with E-state index in [4.69, 9.17) is 0 Å². The monoisotopic (exact) mass is 251 g/mol. The first-order valence-electron chi connectivity index (χ1n) is 6.75. The van der Waals surface area contributed by atoms with E-state index in [-0.39, 0.29) is 5.91 Å². The maximum atomic E-state index is 12.1. The summed E-state index contributed by atoms with van der Waals surface area (Å²) in [6.45, 7) is 2.87. The first-order valence-corrected chi connectivity index (χ1v) is 6.75. The zero-order valence-electron chi connectivity index (χ0n) is 10.9. The summed E-state index contributed by atoms with van der Waals surface area (Å²) in [4.78, 5) is 25.2. The van der Waals surface area contributed by atoms with Crippen molar-refractivity contribution in [3.63, 3.8) is 0 Å². The van der Waals surface area contributed by atoms with Gasteiger partial charge >= 0.3 is 5.97 Å². The standard InChI is InChI=1S/C14H21NO3/c1-2-14(13(17)18)7-8-15(10-14)12(16)9-11-5-3-4-6-11/h3,5,11H,2,4,6-10H2,1H3,(H,17,18). The fraction of sp³-hybridized carbons (Fsp3) is 0.714. The molecule has 1 fully saturated rings. The molecule has 1 saturated heterocycles. The molecule has 0 spiro atoms. The number of amides is 1. The van der Waals surface area contributed by atoms with Crippen LogP contribution in [0.1, 0.15) is 39.0 Å². The molecule has 2 unspecified atom stereocenters. The molecule has 0 aromatic heterocycles. The summed E-state index contributed by atoms with van der Waals surface area (Å²) in [6, 6.07) is 0. The Bertz CT molecular complexity index is 377. The Morgan fingerprint density at radius 3 is 2.78 bits per heavy atom. The number of carboxylic acids is 1. The van der Waals surface area contributed by atoms with E-state index in [0.29, 0.717) is 38.3 Å². The van der Waals surface area contributed by atoms with Gasteiger partial charge in [-0.2, -0.15) is 0 Å². The predicted octanol–water partition coefficient (Wildman–Crippen LogP) is 2.06. The Hall–Kier alpha value is -1.32. The molecule has 0 bridgehead atoms. The van der Waals surface area contributed by atoms with Gasteiger partial charge in [0.1, 0.15) is 0 Å². The molecule has 100 valence electrons. The van der Waals surface area contributed by atoms with Crippen molar-refractivity contribution < 1.29 is 14.7 Å². The van der Waals surface area contributed by atoms with Gasteiger partial charge in [-0.05, 0) is 31.6 Å². The van der Waals surface area contributed by atoms with Gasteiger partial charge in [0.2, 0.25) is 5.91 Å². The van der Waals surface area contributed by atoms with E-state index < -0.39 is 11.4 Å². The average molecular weight is 251 g/mol. The number of hydrogen-bond acceptors (Lipinski definition) is 2. The van der Waals surface area contributed by atoms with Crippen LogP contribution in [0.15, 0.2) is 12.2 Å². The molecule has 0 radical (unpaired) electrons. The van der Waals surface area contributed by atoms with Crippen LogP contribution in [0, 0.1) is 11.3 Å². The molecule has 2 atom stereocenters. The van der Waals surface area contributed by atoms with Crippen molar-refractivity contribution in [3.05, 3.63) is 12.2 Å². The fourth-order valence-corrected chi connectivity index (χ4v) is 2.92. The largest absolute Gasteiger partial charge is 0.481 e. The van der Waals surface area contributed by atoms with Crippen LogP contribution >= 0.6 is 0 Å². The zero-order valence-corrected chi connectivity index (χ0v) is 10.9. The Balaban J connectivity index is 1.93. The third kappa shape index (κ3) is 2.42. The van der Waals surface area contributed by atoms with Gasteiger partial charge in [0.05, 0.1) is 5.41 Å². The number of nitrogens with zero attached hydrogens (tertiary/aromatic N) is 1. The zero-order chi connectivity index (χ0) is 13.2. The quantitative estimate of drug-likeness (QED) is 0.778. The molecule has 4 heteroatoms. The van der Waals surface area contributed by atoms with E-state index in [1.54, 1.807) is 4.90 Å². The van der Waals surface area contributed by atoms with Gasteiger partial charge in [0.25, 0.3) is 0 Å². The summed E-state index contributed by atoms with van der Waals surface area (Å²) in [6.07, 6.45) is 8.06. The molecule has 0 aromatic carbocycles. The molecule has 1 amide bonds. The lowest BCUT2D eigenvalue weighted by Gasteiger charge is -2.23. The molecule has 1 N–H and O–H groups in total. The molecule has 0 saturated carbocycles. The number of carbonyl (C=O) groups excluding carboxylic acids is 1. The van der Waals surface area contributed by atoms with Crippen LogP contribution in [-0.4, -0.2) is 35.0 Å². The lowest BCUT2D eigenvalue weighted by Crippen LogP contribution is -2.36. The van der Waals surface area contributed by atoms with E-state index >= 15 is 0 Å². The van der Waals surface area contributed by atoms with Crippen LogP contribution < -0.4 is 0 Å². The maximum absolute atomic E-state index is 12.1.